The summed E-state index contributed by atoms with van der Waals surface area (Å²) in [7, 11) is 0. The lowest BCUT2D eigenvalue weighted by atomic mass is 9.95. The average molecular weight is 287 g/mol. The van der Waals surface area contributed by atoms with Crippen LogP contribution in [0.2, 0.25) is 0 Å². The number of benzene rings is 1. The zero-order chi connectivity index (χ0) is 14.8. The molecule has 0 aliphatic carbocycles. The van der Waals surface area contributed by atoms with Gasteiger partial charge in [0.1, 0.15) is 0 Å². The minimum atomic E-state index is -0.305. The summed E-state index contributed by atoms with van der Waals surface area (Å²) in [6, 6.07) is 5.88. The highest BCUT2D eigenvalue weighted by Gasteiger charge is 2.29. The molecule has 2 aliphatic heterocycles. The molecule has 3 rings (SSSR count). The molecule has 21 heavy (non-hydrogen) atoms. The van der Waals surface area contributed by atoms with Crippen LogP contribution in [0.3, 0.4) is 0 Å². The number of piperidine rings is 1. The average Bonchev–Trinajstić information content (AvgIpc) is 2.53. The number of anilines is 1. The fraction of sp³-hybridized carbons (Fsp3) is 0.500. The number of amides is 2. The molecule has 5 heteroatoms. The Labute approximate surface area is 124 Å². The van der Waals surface area contributed by atoms with Crippen LogP contribution in [-0.2, 0) is 11.2 Å². The molecule has 0 bridgehead atoms. The van der Waals surface area contributed by atoms with E-state index in [0.717, 1.165) is 43.5 Å². The van der Waals surface area contributed by atoms with Crippen molar-refractivity contribution in [2.75, 3.05) is 25.0 Å². The maximum absolute atomic E-state index is 12.8. The SMILES string of the molecule is NC(=O)C1CCCN(C(=O)c2cccc3c2NCCC3)C1. The molecule has 1 aromatic rings. The molecule has 2 heterocycles. The van der Waals surface area contributed by atoms with Gasteiger partial charge in [0.25, 0.3) is 5.91 Å². The predicted octanol–water partition coefficient (Wildman–Crippen LogP) is 1.38. The first-order valence-corrected chi connectivity index (χ1v) is 7.61. The van der Waals surface area contributed by atoms with Gasteiger partial charge >= 0.3 is 0 Å². The van der Waals surface area contributed by atoms with Gasteiger partial charge in [-0.2, -0.15) is 0 Å². The number of nitrogens with one attached hydrogen (secondary N) is 1. The predicted molar refractivity (Wildman–Crippen MR) is 81.1 cm³/mol. The number of carbonyl (C=O) groups is 2. The van der Waals surface area contributed by atoms with E-state index in [0.29, 0.717) is 13.1 Å². The number of aryl methyl sites for hydroxylation is 1. The first kappa shape index (κ1) is 13.9. The van der Waals surface area contributed by atoms with Crippen molar-refractivity contribution >= 4 is 17.5 Å². The molecule has 2 aliphatic rings. The summed E-state index contributed by atoms with van der Waals surface area (Å²) in [4.78, 5) is 25.9. The third-order valence-electron chi connectivity index (χ3n) is 4.42. The highest BCUT2D eigenvalue weighted by molar-refractivity contribution is 6.00. The van der Waals surface area contributed by atoms with Gasteiger partial charge in [-0.15, -0.1) is 0 Å². The van der Waals surface area contributed by atoms with E-state index in [1.807, 2.05) is 12.1 Å². The Morgan fingerprint density at radius 2 is 2.14 bits per heavy atom. The first-order valence-electron chi connectivity index (χ1n) is 7.61. The molecule has 1 aromatic carbocycles. The smallest absolute Gasteiger partial charge is 0.255 e. The second-order valence-corrected chi connectivity index (χ2v) is 5.86. The van der Waals surface area contributed by atoms with Crippen LogP contribution in [0.1, 0.15) is 35.2 Å². The van der Waals surface area contributed by atoms with Gasteiger partial charge in [0.15, 0.2) is 0 Å². The Hall–Kier alpha value is -2.04. The van der Waals surface area contributed by atoms with Crippen molar-refractivity contribution < 1.29 is 9.59 Å². The molecule has 1 unspecified atom stereocenters. The lowest BCUT2D eigenvalue weighted by Crippen LogP contribution is -2.44. The monoisotopic (exact) mass is 287 g/mol. The standard InChI is InChI=1S/C16H21N3O2/c17-15(20)12-6-3-9-19(10-12)16(21)13-7-1-4-11-5-2-8-18-14(11)13/h1,4,7,12,18H,2-3,5-6,8-10H2,(H2,17,20). The van der Waals surface area contributed by atoms with E-state index in [1.54, 1.807) is 4.90 Å². The topological polar surface area (TPSA) is 75.4 Å². The van der Waals surface area contributed by atoms with Crippen molar-refractivity contribution in [3.05, 3.63) is 29.3 Å². The third kappa shape index (κ3) is 2.73. The van der Waals surface area contributed by atoms with Gasteiger partial charge in [-0.25, -0.2) is 0 Å². The van der Waals surface area contributed by atoms with Gasteiger partial charge < -0.3 is 16.0 Å². The molecule has 3 N–H and O–H groups in total. The maximum Gasteiger partial charge on any atom is 0.255 e. The normalized spacial score (nSPS) is 21.3. The summed E-state index contributed by atoms with van der Waals surface area (Å²) in [6.45, 7) is 2.05. The van der Waals surface area contributed by atoms with Crippen LogP contribution in [-0.4, -0.2) is 36.3 Å². The number of nitrogens with two attached hydrogens (primary N) is 1. The molecular weight excluding hydrogens is 266 g/mol. The molecule has 0 spiro atoms. The molecule has 0 saturated carbocycles. The molecule has 112 valence electrons. The molecule has 1 saturated heterocycles. The molecule has 1 atom stereocenters. The Kier molecular flexibility index (Phi) is 3.82. The minimum Gasteiger partial charge on any atom is -0.384 e. The summed E-state index contributed by atoms with van der Waals surface area (Å²) in [5, 5.41) is 3.35. The number of carbonyl (C=O) groups excluding carboxylic acids is 2. The largest absolute Gasteiger partial charge is 0.384 e. The van der Waals surface area contributed by atoms with Gasteiger partial charge in [-0.05, 0) is 37.3 Å². The van der Waals surface area contributed by atoms with Crippen LogP contribution >= 0.6 is 0 Å². The Bertz CT molecular complexity index is 571. The van der Waals surface area contributed by atoms with E-state index in [2.05, 4.69) is 11.4 Å². The number of hydrogen-bond acceptors (Lipinski definition) is 3. The molecular formula is C16H21N3O2. The molecule has 0 radical (unpaired) electrons. The fourth-order valence-electron chi connectivity index (χ4n) is 3.25. The van der Waals surface area contributed by atoms with E-state index in [4.69, 9.17) is 5.73 Å². The van der Waals surface area contributed by atoms with E-state index in [9.17, 15) is 9.59 Å². The van der Waals surface area contributed by atoms with E-state index in [1.165, 1.54) is 5.56 Å². The fourth-order valence-corrected chi connectivity index (χ4v) is 3.25. The van der Waals surface area contributed by atoms with Crippen LogP contribution in [0.5, 0.6) is 0 Å². The van der Waals surface area contributed by atoms with Crippen molar-refractivity contribution in [3.8, 4) is 0 Å². The van der Waals surface area contributed by atoms with Crippen molar-refractivity contribution in [2.24, 2.45) is 11.7 Å². The summed E-state index contributed by atoms with van der Waals surface area (Å²) in [6.07, 6.45) is 3.72. The third-order valence-corrected chi connectivity index (χ3v) is 4.42. The number of hydrogen-bond donors (Lipinski definition) is 2. The summed E-state index contributed by atoms with van der Waals surface area (Å²) in [5.74, 6) is -0.511. The van der Waals surface area contributed by atoms with Crippen LogP contribution in [0.4, 0.5) is 5.69 Å². The van der Waals surface area contributed by atoms with Gasteiger partial charge in [-0.1, -0.05) is 12.1 Å². The second kappa shape index (κ2) is 5.76. The van der Waals surface area contributed by atoms with Gasteiger partial charge in [-0.3, -0.25) is 9.59 Å². The van der Waals surface area contributed by atoms with Gasteiger partial charge in [0, 0.05) is 19.6 Å². The number of primary amides is 1. The number of likely N-dealkylation sites (tertiary alicyclic amines) is 1. The summed E-state index contributed by atoms with van der Waals surface area (Å²) >= 11 is 0. The number of rotatable bonds is 2. The van der Waals surface area contributed by atoms with Crippen molar-refractivity contribution in [2.45, 2.75) is 25.7 Å². The van der Waals surface area contributed by atoms with Crippen molar-refractivity contribution in [3.63, 3.8) is 0 Å². The first-order chi connectivity index (χ1) is 10.2. The van der Waals surface area contributed by atoms with E-state index in [-0.39, 0.29) is 17.7 Å². The van der Waals surface area contributed by atoms with Crippen LogP contribution in [0.25, 0.3) is 0 Å². The molecule has 0 aromatic heterocycles. The lowest BCUT2D eigenvalue weighted by molar-refractivity contribution is -0.123. The molecule has 5 nitrogen and oxygen atoms in total. The summed E-state index contributed by atoms with van der Waals surface area (Å²) < 4.78 is 0. The van der Waals surface area contributed by atoms with Crippen LogP contribution in [0.15, 0.2) is 18.2 Å². The van der Waals surface area contributed by atoms with Crippen LogP contribution in [0, 0.1) is 5.92 Å². The summed E-state index contributed by atoms with van der Waals surface area (Å²) in [5.41, 5.74) is 8.28. The molecule has 2 amide bonds. The second-order valence-electron chi connectivity index (χ2n) is 5.86. The number of fused-ring (bicyclic) bond motifs is 1. The number of para-hydroxylation sites is 1. The highest BCUT2D eigenvalue weighted by Crippen LogP contribution is 2.28. The zero-order valence-corrected chi connectivity index (χ0v) is 12.1. The van der Waals surface area contributed by atoms with E-state index >= 15 is 0 Å². The number of nitrogens with zero attached hydrogens (tertiary/aromatic N) is 1. The quantitative estimate of drug-likeness (QED) is 0.863. The minimum absolute atomic E-state index is 0.00667. The van der Waals surface area contributed by atoms with E-state index < -0.39 is 0 Å². The van der Waals surface area contributed by atoms with Crippen molar-refractivity contribution in [1.29, 1.82) is 0 Å². The van der Waals surface area contributed by atoms with Crippen molar-refractivity contribution in [1.82, 2.24) is 4.90 Å². The zero-order valence-electron chi connectivity index (χ0n) is 12.1. The van der Waals surface area contributed by atoms with Gasteiger partial charge in [0.05, 0.1) is 17.2 Å². The van der Waals surface area contributed by atoms with Gasteiger partial charge in [0.2, 0.25) is 5.91 Å². The van der Waals surface area contributed by atoms with Crippen LogP contribution < -0.4 is 11.1 Å². The molecule has 1 fully saturated rings. The lowest BCUT2D eigenvalue weighted by Gasteiger charge is -2.32. The highest BCUT2D eigenvalue weighted by atomic mass is 16.2. The Morgan fingerprint density at radius 1 is 1.29 bits per heavy atom. The maximum atomic E-state index is 12.8. The Balaban J connectivity index is 1.83. The Morgan fingerprint density at radius 3 is 2.95 bits per heavy atom.